The average molecular weight is 432 g/mol. The SMILES string of the molecule is Cc1oc(-c2cccc3ccccc23)nc1C(=O)c1cc2cc(Br)ccc2o1. The highest BCUT2D eigenvalue weighted by Crippen LogP contribution is 2.31. The number of fused-ring (bicyclic) bond motifs is 2. The molecule has 0 amide bonds. The molecule has 5 aromatic rings. The van der Waals surface area contributed by atoms with Gasteiger partial charge in [0.1, 0.15) is 11.3 Å². The lowest BCUT2D eigenvalue weighted by Gasteiger charge is -2.02. The van der Waals surface area contributed by atoms with Gasteiger partial charge in [0, 0.05) is 15.4 Å². The van der Waals surface area contributed by atoms with Crippen molar-refractivity contribution in [2.75, 3.05) is 0 Å². The highest BCUT2D eigenvalue weighted by molar-refractivity contribution is 9.10. The van der Waals surface area contributed by atoms with Crippen molar-refractivity contribution in [3.05, 3.63) is 88.4 Å². The zero-order valence-electron chi connectivity index (χ0n) is 14.9. The van der Waals surface area contributed by atoms with E-state index in [2.05, 4.69) is 20.9 Å². The summed E-state index contributed by atoms with van der Waals surface area (Å²) in [6.07, 6.45) is 0. The number of halogens is 1. The number of nitrogens with zero attached hydrogens (tertiary/aromatic N) is 1. The molecule has 3 aromatic carbocycles. The molecule has 0 atom stereocenters. The second kappa shape index (κ2) is 6.46. The first kappa shape index (κ1) is 17.0. The Balaban J connectivity index is 1.59. The number of aryl methyl sites for hydroxylation is 1. The molecular formula is C23H14BrNO3. The summed E-state index contributed by atoms with van der Waals surface area (Å²) in [6.45, 7) is 1.74. The van der Waals surface area contributed by atoms with Crippen molar-refractivity contribution in [1.82, 2.24) is 4.98 Å². The predicted octanol–water partition coefficient (Wildman–Crippen LogP) is 6.54. The molecule has 4 nitrogen and oxygen atoms in total. The van der Waals surface area contributed by atoms with Crippen LogP contribution in [0.4, 0.5) is 0 Å². The summed E-state index contributed by atoms with van der Waals surface area (Å²) in [5.74, 6) is 0.847. The highest BCUT2D eigenvalue weighted by atomic mass is 79.9. The van der Waals surface area contributed by atoms with Crippen LogP contribution in [0.1, 0.15) is 22.0 Å². The summed E-state index contributed by atoms with van der Waals surface area (Å²) < 4.78 is 12.5. The normalized spacial score (nSPS) is 11.4. The number of carbonyl (C=O) groups is 1. The van der Waals surface area contributed by atoms with Crippen molar-refractivity contribution in [2.45, 2.75) is 6.92 Å². The summed E-state index contributed by atoms with van der Waals surface area (Å²) in [6, 6.07) is 21.3. The molecule has 0 aliphatic rings. The van der Waals surface area contributed by atoms with Gasteiger partial charge in [-0.25, -0.2) is 4.98 Å². The molecule has 0 aliphatic carbocycles. The van der Waals surface area contributed by atoms with Gasteiger partial charge in [-0.15, -0.1) is 0 Å². The molecule has 136 valence electrons. The smallest absolute Gasteiger partial charge is 0.250 e. The van der Waals surface area contributed by atoms with Crippen molar-refractivity contribution >= 4 is 43.5 Å². The second-order valence-corrected chi connectivity index (χ2v) is 7.49. The van der Waals surface area contributed by atoms with E-state index in [1.54, 1.807) is 13.0 Å². The van der Waals surface area contributed by atoms with E-state index >= 15 is 0 Å². The number of hydrogen-bond donors (Lipinski definition) is 0. The van der Waals surface area contributed by atoms with Crippen LogP contribution in [-0.4, -0.2) is 10.8 Å². The topological polar surface area (TPSA) is 56.2 Å². The molecule has 0 saturated carbocycles. The first-order chi connectivity index (χ1) is 13.6. The number of oxazole rings is 1. The van der Waals surface area contributed by atoms with Crippen LogP contribution in [0.2, 0.25) is 0 Å². The maximum atomic E-state index is 13.0. The minimum atomic E-state index is -0.292. The Bertz CT molecular complexity index is 1360. The van der Waals surface area contributed by atoms with E-state index in [1.165, 1.54) is 0 Å². The summed E-state index contributed by atoms with van der Waals surface area (Å²) in [7, 11) is 0. The molecule has 0 radical (unpaired) electrons. The molecule has 0 aliphatic heterocycles. The monoisotopic (exact) mass is 431 g/mol. The van der Waals surface area contributed by atoms with E-state index < -0.39 is 0 Å². The van der Waals surface area contributed by atoms with Gasteiger partial charge >= 0.3 is 0 Å². The van der Waals surface area contributed by atoms with Crippen LogP contribution in [0.3, 0.4) is 0 Å². The zero-order valence-corrected chi connectivity index (χ0v) is 16.5. The van der Waals surface area contributed by atoms with Crippen LogP contribution >= 0.6 is 15.9 Å². The number of furan rings is 1. The molecule has 0 unspecified atom stereocenters. The van der Waals surface area contributed by atoms with Crippen molar-refractivity contribution in [2.24, 2.45) is 0 Å². The van der Waals surface area contributed by atoms with E-state index in [0.717, 1.165) is 26.2 Å². The van der Waals surface area contributed by atoms with Gasteiger partial charge < -0.3 is 8.83 Å². The van der Waals surface area contributed by atoms with Crippen LogP contribution in [-0.2, 0) is 0 Å². The molecule has 0 saturated heterocycles. The maximum Gasteiger partial charge on any atom is 0.250 e. The molecule has 28 heavy (non-hydrogen) atoms. The third-order valence-electron chi connectivity index (χ3n) is 4.73. The third-order valence-corrected chi connectivity index (χ3v) is 5.23. The summed E-state index contributed by atoms with van der Waals surface area (Å²) in [5, 5.41) is 2.97. The van der Waals surface area contributed by atoms with Crippen molar-refractivity contribution in [3.8, 4) is 11.5 Å². The molecule has 0 bridgehead atoms. The number of ketones is 1. The maximum absolute atomic E-state index is 13.0. The summed E-state index contributed by atoms with van der Waals surface area (Å²) in [5.41, 5.74) is 1.77. The third kappa shape index (κ3) is 2.75. The van der Waals surface area contributed by atoms with Crippen LogP contribution in [0.25, 0.3) is 33.2 Å². The Morgan fingerprint density at radius 1 is 0.929 bits per heavy atom. The number of hydrogen-bond acceptors (Lipinski definition) is 4. The lowest BCUT2D eigenvalue weighted by Crippen LogP contribution is -2.02. The fourth-order valence-electron chi connectivity index (χ4n) is 3.38. The fraction of sp³-hybridized carbons (Fsp3) is 0.0435. The van der Waals surface area contributed by atoms with Gasteiger partial charge in [0.2, 0.25) is 11.7 Å². The van der Waals surface area contributed by atoms with Crippen LogP contribution in [0.5, 0.6) is 0 Å². The molecule has 5 heteroatoms. The number of benzene rings is 3. The Hall–Kier alpha value is -3.18. The van der Waals surface area contributed by atoms with Gasteiger partial charge in [-0.05, 0) is 48.0 Å². The number of aromatic nitrogens is 1. The van der Waals surface area contributed by atoms with Crippen LogP contribution in [0.15, 0.2) is 80.0 Å². The van der Waals surface area contributed by atoms with Gasteiger partial charge in [-0.1, -0.05) is 52.3 Å². The molecule has 0 spiro atoms. The molecular weight excluding hydrogens is 418 g/mol. The molecule has 0 N–H and O–H groups in total. The number of rotatable bonds is 3. The number of carbonyl (C=O) groups excluding carboxylic acids is 1. The van der Waals surface area contributed by atoms with Gasteiger partial charge in [0.05, 0.1) is 0 Å². The van der Waals surface area contributed by atoms with E-state index in [4.69, 9.17) is 8.83 Å². The Labute approximate surface area is 168 Å². The average Bonchev–Trinajstić information content (AvgIpc) is 3.30. The first-order valence-corrected chi connectivity index (χ1v) is 9.59. The minimum Gasteiger partial charge on any atom is -0.453 e. The largest absolute Gasteiger partial charge is 0.453 e. The van der Waals surface area contributed by atoms with E-state index in [9.17, 15) is 4.79 Å². The van der Waals surface area contributed by atoms with Crippen LogP contribution in [0, 0.1) is 6.92 Å². The van der Waals surface area contributed by atoms with Crippen molar-refractivity contribution < 1.29 is 13.6 Å². The van der Waals surface area contributed by atoms with Gasteiger partial charge in [0.15, 0.2) is 11.5 Å². The fourth-order valence-corrected chi connectivity index (χ4v) is 3.76. The predicted molar refractivity (Wildman–Crippen MR) is 112 cm³/mol. The lowest BCUT2D eigenvalue weighted by atomic mass is 10.0. The van der Waals surface area contributed by atoms with Crippen molar-refractivity contribution in [1.29, 1.82) is 0 Å². The Morgan fingerprint density at radius 3 is 2.64 bits per heavy atom. The molecule has 5 rings (SSSR count). The highest BCUT2D eigenvalue weighted by Gasteiger charge is 2.23. The van der Waals surface area contributed by atoms with E-state index in [1.807, 2.05) is 60.7 Å². The van der Waals surface area contributed by atoms with E-state index in [-0.39, 0.29) is 17.2 Å². The minimum absolute atomic E-state index is 0.244. The second-order valence-electron chi connectivity index (χ2n) is 6.57. The van der Waals surface area contributed by atoms with E-state index in [0.29, 0.717) is 17.2 Å². The Kier molecular flexibility index (Phi) is 3.91. The van der Waals surface area contributed by atoms with Gasteiger partial charge in [-0.3, -0.25) is 4.79 Å². The van der Waals surface area contributed by atoms with Crippen LogP contribution < -0.4 is 0 Å². The van der Waals surface area contributed by atoms with Gasteiger partial charge in [-0.2, -0.15) is 0 Å². The standard InChI is InChI=1S/C23H14BrNO3/c1-13-21(22(26)20-12-15-11-16(24)9-10-19(15)28-20)25-23(27-13)18-8-4-6-14-5-2-3-7-17(14)18/h2-12H,1H3. The Morgan fingerprint density at radius 2 is 1.75 bits per heavy atom. The molecule has 2 heterocycles. The summed E-state index contributed by atoms with van der Waals surface area (Å²) >= 11 is 3.43. The molecule has 0 fully saturated rings. The van der Waals surface area contributed by atoms with Crippen molar-refractivity contribution in [3.63, 3.8) is 0 Å². The summed E-state index contributed by atoms with van der Waals surface area (Å²) in [4.78, 5) is 17.5. The lowest BCUT2D eigenvalue weighted by molar-refractivity contribution is 0.101. The van der Waals surface area contributed by atoms with Gasteiger partial charge in [0.25, 0.3) is 0 Å². The quantitative estimate of drug-likeness (QED) is 0.304. The molecule has 2 aromatic heterocycles. The zero-order chi connectivity index (χ0) is 19.3. The first-order valence-electron chi connectivity index (χ1n) is 8.79.